The molecule has 0 aliphatic carbocycles. The van der Waals surface area contributed by atoms with E-state index in [0.717, 1.165) is 89.4 Å². The maximum absolute atomic E-state index is 9.16. The van der Waals surface area contributed by atoms with Gasteiger partial charge in [0.05, 0.1) is 33.3 Å². The van der Waals surface area contributed by atoms with Crippen molar-refractivity contribution in [3.63, 3.8) is 0 Å². The molecule has 0 amide bonds. The fourth-order valence-corrected chi connectivity index (χ4v) is 8.06. The van der Waals surface area contributed by atoms with E-state index in [1.54, 1.807) is 12.2 Å². The van der Waals surface area contributed by atoms with Crippen LogP contribution < -0.4 is 4.74 Å². The number of benzene rings is 6. The molecule has 10 rings (SSSR count). The van der Waals surface area contributed by atoms with Crippen molar-refractivity contribution in [3.05, 3.63) is 199 Å². The van der Waals surface area contributed by atoms with Crippen molar-refractivity contribution in [1.29, 1.82) is 5.41 Å². The Morgan fingerprint density at radius 3 is 2.42 bits per heavy atom. The summed E-state index contributed by atoms with van der Waals surface area (Å²) in [6.07, 6.45) is 11.9. The van der Waals surface area contributed by atoms with Crippen molar-refractivity contribution in [2.24, 2.45) is 4.99 Å². The smallest absolute Gasteiger partial charge is 0.227 e. The first kappa shape index (κ1) is 34.0. The Morgan fingerprint density at radius 1 is 0.754 bits per heavy atom. The molecule has 6 aromatic carbocycles. The van der Waals surface area contributed by atoms with Gasteiger partial charge >= 0.3 is 0 Å². The minimum atomic E-state index is 0.251. The predicted molar refractivity (Wildman–Crippen MR) is 235 cm³/mol. The van der Waals surface area contributed by atoms with Crippen molar-refractivity contribution >= 4 is 61.1 Å². The number of fused-ring (bicyclic) bond motifs is 9. The Hall–Kier alpha value is -7.57. The van der Waals surface area contributed by atoms with Crippen LogP contribution in [0.5, 0.6) is 5.75 Å². The molecule has 1 aliphatic rings. The molecule has 0 atom stereocenters. The van der Waals surface area contributed by atoms with Crippen LogP contribution >= 0.6 is 0 Å². The molecule has 3 aromatic heterocycles. The number of nitrogens with one attached hydrogen (secondary N) is 1. The fourth-order valence-electron chi connectivity index (χ4n) is 8.06. The van der Waals surface area contributed by atoms with E-state index in [1.807, 2.05) is 79.0 Å². The van der Waals surface area contributed by atoms with Gasteiger partial charge in [0.15, 0.2) is 5.58 Å². The fraction of sp³-hybridized carbons (Fsp3) is 0.0392. The Morgan fingerprint density at radius 2 is 1.54 bits per heavy atom. The van der Waals surface area contributed by atoms with Crippen molar-refractivity contribution in [3.8, 4) is 28.3 Å². The summed E-state index contributed by atoms with van der Waals surface area (Å²) in [7, 11) is 0. The molecule has 0 saturated heterocycles. The molecule has 0 bridgehead atoms. The Labute approximate surface area is 329 Å². The second kappa shape index (κ2) is 13.9. The highest BCUT2D eigenvalue weighted by Gasteiger charge is 2.23. The number of nitrogens with zero attached hydrogens (tertiary/aromatic N) is 3. The van der Waals surface area contributed by atoms with Crippen LogP contribution in [0.2, 0.25) is 0 Å². The van der Waals surface area contributed by atoms with E-state index in [1.165, 1.54) is 5.39 Å². The maximum atomic E-state index is 9.16. The minimum Gasteiger partial charge on any atom is -0.489 e. The number of allylic oxidation sites excluding steroid dienone is 6. The molecule has 9 aromatic rings. The maximum Gasteiger partial charge on any atom is 0.227 e. The van der Waals surface area contributed by atoms with Gasteiger partial charge in [0, 0.05) is 39.1 Å². The lowest BCUT2D eigenvalue weighted by atomic mass is 9.99. The zero-order chi connectivity index (χ0) is 38.5. The molecule has 0 saturated carbocycles. The third-order valence-electron chi connectivity index (χ3n) is 10.8. The zero-order valence-corrected chi connectivity index (χ0v) is 31.1. The first-order valence-corrected chi connectivity index (χ1v) is 19.0. The molecule has 0 unspecified atom stereocenters. The van der Waals surface area contributed by atoms with Crippen LogP contribution in [-0.4, -0.2) is 27.9 Å². The minimum absolute atomic E-state index is 0.251. The number of aromatic nitrogens is 2. The molecule has 6 heteroatoms. The van der Waals surface area contributed by atoms with E-state index in [2.05, 4.69) is 90.4 Å². The lowest BCUT2D eigenvalue weighted by Crippen LogP contribution is -2.13. The van der Waals surface area contributed by atoms with Gasteiger partial charge in [-0.05, 0) is 83.3 Å². The van der Waals surface area contributed by atoms with E-state index in [0.29, 0.717) is 17.2 Å². The highest BCUT2D eigenvalue weighted by atomic mass is 16.5. The average Bonchev–Trinajstić information content (AvgIpc) is 3.96. The summed E-state index contributed by atoms with van der Waals surface area (Å²) in [4.78, 5) is 9.84. The lowest BCUT2D eigenvalue weighted by molar-refractivity contribution is 0.354. The predicted octanol–water partition coefficient (Wildman–Crippen LogP) is 12.5. The summed E-state index contributed by atoms with van der Waals surface area (Å²) in [5, 5.41) is 13.7. The number of oxazole rings is 1. The average molecular weight is 737 g/mol. The zero-order valence-electron chi connectivity index (χ0n) is 31.1. The Kier molecular flexibility index (Phi) is 8.30. The molecule has 0 radical (unpaired) electrons. The molecule has 57 heavy (non-hydrogen) atoms. The summed E-state index contributed by atoms with van der Waals surface area (Å²) in [5.41, 5.74) is 12.3. The molecule has 0 fully saturated rings. The monoisotopic (exact) mass is 736 g/mol. The van der Waals surface area contributed by atoms with Crippen molar-refractivity contribution in [1.82, 2.24) is 9.38 Å². The Balaban J connectivity index is 1.03. The van der Waals surface area contributed by atoms with Gasteiger partial charge in [-0.15, -0.1) is 0 Å². The van der Waals surface area contributed by atoms with Crippen LogP contribution in [-0.2, 0) is 6.42 Å². The van der Waals surface area contributed by atoms with Crippen LogP contribution in [0.15, 0.2) is 197 Å². The molecule has 6 nitrogen and oxygen atoms in total. The summed E-state index contributed by atoms with van der Waals surface area (Å²) < 4.78 is 15.2. The van der Waals surface area contributed by atoms with Crippen molar-refractivity contribution in [2.75, 3.05) is 6.61 Å². The number of hydrogen-bond donors (Lipinski definition) is 1. The van der Waals surface area contributed by atoms with Gasteiger partial charge < -0.3 is 13.6 Å². The number of aliphatic imine (C=N–C) groups is 1. The normalized spacial score (nSPS) is 15.2. The molecule has 1 N–H and O–H groups in total. The van der Waals surface area contributed by atoms with Gasteiger partial charge in [-0.3, -0.25) is 10.4 Å². The summed E-state index contributed by atoms with van der Waals surface area (Å²) >= 11 is 0. The van der Waals surface area contributed by atoms with Gasteiger partial charge in [-0.25, -0.2) is 4.98 Å². The van der Waals surface area contributed by atoms with Gasteiger partial charge in [0.1, 0.15) is 17.9 Å². The number of hydrogen-bond acceptors (Lipinski definition) is 5. The number of rotatable bonds is 8. The third-order valence-corrected chi connectivity index (χ3v) is 10.8. The van der Waals surface area contributed by atoms with Gasteiger partial charge in [0.25, 0.3) is 0 Å². The molecule has 272 valence electrons. The largest absolute Gasteiger partial charge is 0.489 e. The first-order valence-electron chi connectivity index (χ1n) is 19.0. The summed E-state index contributed by atoms with van der Waals surface area (Å²) in [6, 6.07) is 43.8. The quantitative estimate of drug-likeness (QED) is 0.125. The molecule has 1 aliphatic heterocycles. The van der Waals surface area contributed by atoms with Gasteiger partial charge in [0.2, 0.25) is 5.89 Å². The Bertz CT molecular complexity index is 3210. The van der Waals surface area contributed by atoms with Crippen molar-refractivity contribution in [2.45, 2.75) is 6.42 Å². The van der Waals surface area contributed by atoms with Crippen LogP contribution in [0.1, 0.15) is 11.1 Å². The van der Waals surface area contributed by atoms with Crippen molar-refractivity contribution < 1.29 is 9.15 Å². The van der Waals surface area contributed by atoms with Crippen LogP contribution in [0.4, 0.5) is 0 Å². The molecule has 4 heterocycles. The lowest BCUT2D eigenvalue weighted by Gasteiger charge is -2.14. The molecular formula is C51H36N4O2. The van der Waals surface area contributed by atoms with Gasteiger partial charge in [-0.1, -0.05) is 116 Å². The topological polar surface area (TPSA) is 75.9 Å². The molecule has 0 spiro atoms. The summed E-state index contributed by atoms with van der Waals surface area (Å²) in [5.74, 6) is 1.43. The van der Waals surface area contributed by atoms with E-state index in [-0.39, 0.29) is 12.3 Å². The second-order valence-electron chi connectivity index (χ2n) is 14.2. The van der Waals surface area contributed by atoms with Crippen LogP contribution in [0.3, 0.4) is 0 Å². The molecular weight excluding hydrogens is 701 g/mol. The first-order chi connectivity index (χ1) is 28.1. The highest BCUT2D eigenvalue weighted by molar-refractivity contribution is 6.30. The third kappa shape index (κ3) is 5.78. The van der Waals surface area contributed by atoms with Gasteiger partial charge in [-0.2, -0.15) is 0 Å². The van der Waals surface area contributed by atoms with E-state index >= 15 is 0 Å². The van der Waals surface area contributed by atoms with Crippen LogP contribution in [0, 0.1) is 5.41 Å². The summed E-state index contributed by atoms with van der Waals surface area (Å²) in [6.45, 7) is 8.33. The standard InChI is InChI=1S/C51H36N4O2/c1-3-38(48(52)37-20-9-8-16-33-17-10-13-24-46(33)56-31-37)42(4-2)53-30-32-15-14-21-35(27-32)36-25-26-45-41(28-36)47-49-40(39-22-11-12-23-44(39)55(45)49)29-43-50(47)57-51(54-43)34-18-6-5-7-19-34/h3-15,17-30,52H,1-2,16,31H2/b9-8-,37-20+,42-38-,52-48?,53-30?. The van der Waals surface area contributed by atoms with Crippen LogP contribution in [0.25, 0.3) is 71.8 Å². The second-order valence-corrected chi connectivity index (χ2v) is 14.2. The SMILES string of the molecule is C=C/C(N=Cc1cccc(-c2ccc3c(c2)c2c4oc(-c5ccccc5)nc4cc4c5ccccc5n3c42)c1)=C(\C=C)C(=N)/C1=C/C=C\Cc2ccccc2OC1. The van der Waals surface area contributed by atoms with E-state index in [4.69, 9.17) is 24.5 Å². The van der Waals surface area contributed by atoms with E-state index < -0.39 is 0 Å². The van der Waals surface area contributed by atoms with E-state index in [9.17, 15) is 0 Å². The number of para-hydroxylation sites is 2. The number of ether oxygens (including phenoxy) is 1. The highest BCUT2D eigenvalue weighted by Crippen LogP contribution is 2.44.